The van der Waals surface area contributed by atoms with Crippen molar-refractivity contribution in [1.82, 2.24) is 10.2 Å². The summed E-state index contributed by atoms with van der Waals surface area (Å²) in [5, 5.41) is 2.60. The Kier molecular flexibility index (Phi) is 12.2. The second-order valence-electron chi connectivity index (χ2n) is 10.5. The van der Waals surface area contributed by atoms with Gasteiger partial charge in [0.15, 0.2) is 0 Å². The standard InChI is InChI=1S/C31H33Cl3F3N3O4S/c1-5-20(4)38-30(42)28(6-2)39(17-23-25(32)8-7-9-26(23)33)29(41)18-40(45(43,44)22-13-10-19(3)11-14-22)21-12-15-27(34)24(16-21)31(35,36)37/h7-16,20,28H,5-6,17-18H2,1-4H3,(H,38,42)/t20-,28+/m1/s1. The number of aryl methyl sites for hydroxylation is 1. The third-order valence-electron chi connectivity index (χ3n) is 7.21. The van der Waals surface area contributed by atoms with Crippen LogP contribution >= 0.6 is 34.8 Å². The van der Waals surface area contributed by atoms with Crippen LogP contribution in [-0.2, 0) is 32.3 Å². The van der Waals surface area contributed by atoms with E-state index in [1.807, 2.05) is 6.92 Å². The van der Waals surface area contributed by atoms with E-state index in [-0.39, 0.29) is 33.9 Å². The van der Waals surface area contributed by atoms with Crippen LogP contribution < -0.4 is 9.62 Å². The van der Waals surface area contributed by atoms with Crippen molar-refractivity contribution in [2.45, 2.75) is 70.2 Å². The molecule has 0 saturated heterocycles. The lowest BCUT2D eigenvalue weighted by molar-refractivity contribution is -0.140. The molecular weight excluding hydrogens is 674 g/mol. The van der Waals surface area contributed by atoms with Crippen LogP contribution in [0.3, 0.4) is 0 Å². The number of halogens is 6. The molecule has 1 N–H and O–H groups in total. The van der Waals surface area contributed by atoms with Crippen LogP contribution in [0.15, 0.2) is 65.6 Å². The van der Waals surface area contributed by atoms with Crippen molar-refractivity contribution in [3.63, 3.8) is 0 Å². The molecule has 3 aromatic rings. The molecule has 0 spiro atoms. The minimum absolute atomic E-state index is 0.125. The number of rotatable bonds is 12. The molecule has 0 aromatic heterocycles. The zero-order chi connectivity index (χ0) is 33.7. The van der Waals surface area contributed by atoms with Crippen molar-refractivity contribution in [3.05, 3.63) is 92.4 Å². The molecule has 0 fully saturated rings. The minimum atomic E-state index is -4.91. The number of nitrogens with one attached hydrogen (secondary N) is 1. The normalized spacial score (nSPS) is 13.2. The van der Waals surface area contributed by atoms with Gasteiger partial charge in [-0.2, -0.15) is 13.2 Å². The smallest absolute Gasteiger partial charge is 0.352 e. The average molecular weight is 707 g/mol. The second-order valence-corrected chi connectivity index (χ2v) is 13.5. The Hall–Kier alpha value is -2.99. The first-order valence-electron chi connectivity index (χ1n) is 14.0. The highest BCUT2D eigenvalue weighted by molar-refractivity contribution is 7.92. The molecule has 3 aromatic carbocycles. The van der Waals surface area contributed by atoms with Gasteiger partial charge in [-0.3, -0.25) is 13.9 Å². The number of carbonyl (C=O) groups excluding carboxylic acids is 2. The molecule has 0 bridgehead atoms. The SMILES string of the molecule is CC[C@@H](C)NC(=O)[C@H](CC)N(Cc1c(Cl)cccc1Cl)C(=O)CN(c1ccc(Cl)c(C(F)(F)F)c1)S(=O)(=O)c1ccc(C)cc1. The largest absolute Gasteiger partial charge is 0.417 e. The van der Waals surface area contributed by atoms with E-state index in [0.717, 1.165) is 22.6 Å². The number of sulfonamides is 1. The number of benzene rings is 3. The van der Waals surface area contributed by atoms with Crippen LogP contribution in [0.4, 0.5) is 18.9 Å². The maximum Gasteiger partial charge on any atom is 0.417 e. The summed E-state index contributed by atoms with van der Waals surface area (Å²) in [7, 11) is -4.62. The van der Waals surface area contributed by atoms with Crippen LogP contribution in [0.2, 0.25) is 15.1 Å². The fourth-order valence-corrected chi connectivity index (χ4v) is 6.61. The fraction of sp³-hybridized carbons (Fsp3) is 0.355. The van der Waals surface area contributed by atoms with Gasteiger partial charge >= 0.3 is 6.18 Å². The lowest BCUT2D eigenvalue weighted by Crippen LogP contribution is -2.53. The first-order chi connectivity index (χ1) is 21.0. The highest BCUT2D eigenvalue weighted by atomic mass is 35.5. The van der Waals surface area contributed by atoms with E-state index in [9.17, 15) is 31.2 Å². The minimum Gasteiger partial charge on any atom is -0.352 e. The molecule has 0 aliphatic carbocycles. The van der Waals surface area contributed by atoms with Gasteiger partial charge in [-0.15, -0.1) is 0 Å². The van der Waals surface area contributed by atoms with Crippen molar-refractivity contribution in [2.75, 3.05) is 10.8 Å². The van der Waals surface area contributed by atoms with Crippen molar-refractivity contribution in [2.24, 2.45) is 0 Å². The van der Waals surface area contributed by atoms with Crippen LogP contribution in [-0.4, -0.2) is 43.8 Å². The molecule has 0 radical (unpaired) electrons. The van der Waals surface area contributed by atoms with Gasteiger partial charge in [0.05, 0.1) is 21.2 Å². The van der Waals surface area contributed by atoms with E-state index in [4.69, 9.17) is 34.8 Å². The molecule has 2 amide bonds. The quantitative estimate of drug-likeness (QED) is 0.208. The number of amides is 2. The van der Waals surface area contributed by atoms with E-state index in [0.29, 0.717) is 22.4 Å². The van der Waals surface area contributed by atoms with Gasteiger partial charge in [-0.25, -0.2) is 8.42 Å². The topological polar surface area (TPSA) is 86.8 Å². The van der Waals surface area contributed by atoms with Gasteiger partial charge in [-0.05, 0) is 69.2 Å². The summed E-state index contributed by atoms with van der Waals surface area (Å²) in [6, 6.07) is 11.6. The summed E-state index contributed by atoms with van der Waals surface area (Å²) in [4.78, 5) is 28.5. The van der Waals surface area contributed by atoms with Gasteiger partial charge in [0.25, 0.3) is 10.0 Å². The van der Waals surface area contributed by atoms with E-state index >= 15 is 0 Å². The van der Waals surface area contributed by atoms with E-state index in [1.165, 1.54) is 24.3 Å². The summed E-state index contributed by atoms with van der Waals surface area (Å²) in [5.74, 6) is -1.38. The molecule has 0 aliphatic heterocycles. The maximum absolute atomic E-state index is 14.2. The Morgan fingerprint density at radius 3 is 2.04 bits per heavy atom. The Labute approximate surface area is 276 Å². The molecule has 244 valence electrons. The van der Waals surface area contributed by atoms with Crippen LogP contribution in [0.1, 0.15) is 50.3 Å². The first-order valence-corrected chi connectivity index (χ1v) is 16.6. The van der Waals surface area contributed by atoms with Crippen molar-refractivity contribution in [3.8, 4) is 0 Å². The second kappa shape index (κ2) is 15.1. The summed E-state index contributed by atoms with van der Waals surface area (Å²) >= 11 is 18.6. The van der Waals surface area contributed by atoms with Crippen molar-refractivity contribution in [1.29, 1.82) is 0 Å². The van der Waals surface area contributed by atoms with Gasteiger partial charge in [-0.1, -0.05) is 72.4 Å². The molecule has 0 heterocycles. The van der Waals surface area contributed by atoms with Gasteiger partial charge in [0.2, 0.25) is 11.8 Å². The average Bonchev–Trinajstić information content (AvgIpc) is 2.97. The number of hydrogen-bond acceptors (Lipinski definition) is 4. The molecular formula is C31H33Cl3F3N3O4S. The molecule has 45 heavy (non-hydrogen) atoms. The molecule has 0 aliphatic rings. The molecule has 2 atom stereocenters. The zero-order valence-electron chi connectivity index (χ0n) is 25.0. The van der Waals surface area contributed by atoms with E-state index < -0.39 is 56.9 Å². The molecule has 3 rings (SSSR count). The van der Waals surface area contributed by atoms with Crippen LogP contribution in [0.5, 0.6) is 0 Å². The Morgan fingerprint density at radius 1 is 0.911 bits per heavy atom. The Bertz CT molecular complexity index is 1620. The number of alkyl halides is 3. The van der Waals surface area contributed by atoms with Crippen molar-refractivity contribution < 1.29 is 31.2 Å². The predicted octanol–water partition coefficient (Wildman–Crippen LogP) is 7.89. The number of nitrogens with zero attached hydrogens (tertiary/aromatic N) is 2. The molecule has 14 heteroatoms. The van der Waals surface area contributed by atoms with Crippen molar-refractivity contribution >= 4 is 62.3 Å². The summed E-state index contributed by atoms with van der Waals surface area (Å²) in [5.41, 5.74) is -0.683. The highest BCUT2D eigenvalue weighted by Crippen LogP contribution is 2.38. The van der Waals surface area contributed by atoms with E-state index in [2.05, 4.69) is 5.32 Å². The monoisotopic (exact) mass is 705 g/mol. The summed E-state index contributed by atoms with van der Waals surface area (Å²) in [6.45, 7) is 5.83. The summed E-state index contributed by atoms with van der Waals surface area (Å²) < 4.78 is 70.1. The van der Waals surface area contributed by atoms with Gasteiger partial charge in [0.1, 0.15) is 12.6 Å². The predicted molar refractivity (Wildman–Crippen MR) is 171 cm³/mol. The fourth-order valence-electron chi connectivity index (χ4n) is 4.47. The third-order valence-corrected chi connectivity index (χ3v) is 10.0. The lowest BCUT2D eigenvalue weighted by Gasteiger charge is -2.34. The van der Waals surface area contributed by atoms with Crippen LogP contribution in [0, 0.1) is 6.92 Å². The third kappa shape index (κ3) is 8.84. The van der Waals surface area contributed by atoms with Gasteiger partial charge in [0, 0.05) is 28.2 Å². The molecule has 0 saturated carbocycles. The Morgan fingerprint density at radius 2 is 1.51 bits per heavy atom. The lowest BCUT2D eigenvalue weighted by atomic mass is 10.1. The molecule has 0 unspecified atom stereocenters. The number of hydrogen-bond donors (Lipinski definition) is 1. The maximum atomic E-state index is 14.2. The number of anilines is 1. The zero-order valence-corrected chi connectivity index (χ0v) is 28.0. The Balaban J connectivity index is 2.19. The highest BCUT2D eigenvalue weighted by Gasteiger charge is 2.37. The van der Waals surface area contributed by atoms with E-state index in [1.54, 1.807) is 39.0 Å². The van der Waals surface area contributed by atoms with Gasteiger partial charge < -0.3 is 10.2 Å². The molecule has 7 nitrogen and oxygen atoms in total. The first kappa shape index (κ1) is 36.5. The van der Waals surface area contributed by atoms with Crippen LogP contribution in [0.25, 0.3) is 0 Å². The number of carbonyl (C=O) groups is 2. The summed E-state index contributed by atoms with van der Waals surface area (Å²) in [6.07, 6.45) is -4.18.